The summed E-state index contributed by atoms with van der Waals surface area (Å²) in [6, 6.07) is 13.7. The minimum absolute atomic E-state index is 0.139. The minimum atomic E-state index is -3.53. The summed E-state index contributed by atoms with van der Waals surface area (Å²) in [6.07, 6.45) is 0.505. The molecule has 1 amide bonds. The quantitative estimate of drug-likeness (QED) is 0.442. The summed E-state index contributed by atoms with van der Waals surface area (Å²) in [4.78, 5) is 16.8. The molecule has 34 heavy (non-hydrogen) atoms. The van der Waals surface area contributed by atoms with Crippen molar-refractivity contribution in [3.05, 3.63) is 60.0 Å². The Bertz CT molecular complexity index is 1190. The fraction of sp³-hybridized carbons (Fsp3) is 0.375. The summed E-state index contributed by atoms with van der Waals surface area (Å²) >= 11 is 0. The topological polar surface area (TPSA) is 115 Å². The van der Waals surface area contributed by atoms with Crippen molar-refractivity contribution in [2.24, 2.45) is 0 Å². The lowest BCUT2D eigenvalue weighted by Gasteiger charge is -2.21. The van der Waals surface area contributed by atoms with Crippen molar-refractivity contribution in [2.75, 3.05) is 13.7 Å². The normalized spacial score (nSPS) is 11.7. The molecular formula is C24H30N4O5S. The molecule has 1 heterocycles. The molecule has 0 saturated carbocycles. The maximum Gasteiger partial charge on any atom is 0.243 e. The average molecular weight is 487 g/mol. The van der Waals surface area contributed by atoms with Crippen molar-refractivity contribution in [1.29, 1.82) is 0 Å². The smallest absolute Gasteiger partial charge is 0.243 e. The molecule has 3 aromatic rings. The van der Waals surface area contributed by atoms with E-state index in [2.05, 4.69) is 15.5 Å². The molecule has 182 valence electrons. The maximum absolute atomic E-state index is 12.5. The molecule has 0 aliphatic rings. The maximum atomic E-state index is 12.5. The highest BCUT2D eigenvalue weighted by molar-refractivity contribution is 7.89. The monoisotopic (exact) mass is 486 g/mol. The molecule has 0 bridgehead atoms. The second-order valence-electron chi connectivity index (χ2n) is 8.00. The van der Waals surface area contributed by atoms with Crippen molar-refractivity contribution in [3.8, 4) is 17.1 Å². The highest BCUT2D eigenvalue weighted by atomic mass is 32.2. The summed E-state index contributed by atoms with van der Waals surface area (Å²) in [5, 5.41) is 6.80. The number of aryl methyl sites for hydroxylation is 1. The number of nitrogens with zero attached hydrogens (tertiary/aromatic N) is 3. The number of rotatable bonds is 11. The molecule has 1 aromatic heterocycles. The van der Waals surface area contributed by atoms with Crippen LogP contribution in [-0.4, -0.2) is 48.5 Å². The van der Waals surface area contributed by atoms with Crippen LogP contribution in [0, 0.1) is 0 Å². The lowest BCUT2D eigenvalue weighted by Crippen LogP contribution is -2.33. The molecule has 0 fully saturated rings. The van der Waals surface area contributed by atoms with Gasteiger partial charge >= 0.3 is 0 Å². The van der Waals surface area contributed by atoms with E-state index >= 15 is 0 Å². The van der Waals surface area contributed by atoms with Crippen molar-refractivity contribution in [2.45, 2.75) is 51.1 Å². The van der Waals surface area contributed by atoms with Crippen LogP contribution >= 0.6 is 0 Å². The number of sulfonamides is 1. The number of carbonyl (C=O) groups is 1. The third-order valence-electron chi connectivity index (χ3n) is 5.27. The van der Waals surface area contributed by atoms with Crippen LogP contribution in [0.4, 0.5) is 0 Å². The number of hydrogen-bond donors (Lipinski definition) is 1. The van der Waals surface area contributed by atoms with Crippen molar-refractivity contribution in [1.82, 2.24) is 19.8 Å². The Morgan fingerprint density at radius 2 is 1.79 bits per heavy atom. The predicted molar refractivity (Wildman–Crippen MR) is 128 cm³/mol. The van der Waals surface area contributed by atoms with Crippen molar-refractivity contribution in [3.63, 3.8) is 0 Å². The molecule has 0 spiro atoms. The lowest BCUT2D eigenvalue weighted by molar-refractivity contribution is -0.121. The van der Waals surface area contributed by atoms with E-state index in [4.69, 9.17) is 9.26 Å². The molecule has 9 nitrogen and oxygen atoms in total. The summed E-state index contributed by atoms with van der Waals surface area (Å²) < 4.78 is 37.1. The molecule has 0 aliphatic heterocycles. The van der Waals surface area contributed by atoms with Crippen LogP contribution in [0.25, 0.3) is 11.4 Å². The standard InChI is InChI=1S/C24H30N4O5S/c1-5-32-20-10-8-19(9-11-20)24-26-23(33-27-24)15-14-22(29)25-16-18-6-12-21(13-7-18)34(30,31)28(4)17(2)3/h6-13,17H,5,14-16H2,1-4H3,(H,25,29). The second kappa shape index (κ2) is 11.3. The fourth-order valence-corrected chi connectivity index (χ4v) is 4.44. The van der Waals surface area contributed by atoms with Gasteiger partial charge in [-0.05, 0) is 62.7 Å². The van der Waals surface area contributed by atoms with E-state index in [1.165, 1.54) is 4.31 Å². The number of ether oxygens (including phenoxy) is 1. The van der Waals surface area contributed by atoms with E-state index in [0.717, 1.165) is 16.9 Å². The molecule has 2 aromatic carbocycles. The number of benzene rings is 2. The van der Waals surface area contributed by atoms with E-state index < -0.39 is 10.0 Å². The summed E-state index contributed by atoms with van der Waals surface area (Å²) in [7, 11) is -1.98. The van der Waals surface area contributed by atoms with E-state index in [0.29, 0.717) is 31.3 Å². The molecule has 3 rings (SSSR count). The SMILES string of the molecule is CCOc1ccc(-c2noc(CCC(=O)NCc3ccc(S(=O)(=O)N(C)C(C)C)cc3)n2)cc1. The fourth-order valence-electron chi connectivity index (χ4n) is 3.07. The Hall–Kier alpha value is -3.24. The van der Waals surface area contributed by atoms with E-state index in [9.17, 15) is 13.2 Å². The highest BCUT2D eigenvalue weighted by Crippen LogP contribution is 2.20. The Balaban J connectivity index is 1.49. The Kier molecular flexibility index (Phi) is 8.41. The summed E-state index contributed by atoms with van der Waals surface area (Å²) in [5.41, 5.74) is 1.60. The van der Waals surface area contributed by atoms with Crippen LogP contribution in [-0.2, 0) is 27.8 Å². The minimum Gasteiger partial charge on any atom is -0.494 e. The molecule has 0 unspecified atom stereocenters. The van der Waals surface area contributed by atoms with E-state index in [-0.39, 0.29) is 23.3 Å². The zero-order valence-corrected chi connectivity index (χ0v) is 20.6. The molecule has 0 radical (unpaired) electrons. The van der Waals surface area contributed by atoms with Gasteiger partial charge in [-0.15, -0.1) is 0 Å². The first kappa shape index (κ1) is 25.4. The Morgan fingerprint density at radius 1 is 1.12 bits per heavy atom. The van der Waals surface area contributed by atoms with Gasteiger partial charge in [0.2, 0.25) is 27.6 Å². The largest absolute Gasteiger partial charge is 0.494 e. The van der Waals surface area contributed by atoms with Crippen LogP contribution < -0.4 is 10.1 Å². The van der Waals surface area contributed by atoms with Gasteiger partial charge in [-0.25, -0.2) is 8.42 Å². The first-order valence-electron chi connectivity index (χ1n) is 11.1. The van der Waals surface area contributed by atoms with E-state index in [1.807, 2.05) is 45.0 Å². The van der Waals surface area contributed by atoms with Gasteiger partial charge in [0, 0.05) is 38.0 Å². The number of aromatic nitrogens is 2. The molecule has 0 aliphatic carbocycles. The Labute approximate surface area is 200 Å². The van der Waals surface area contributed by atoms with Gasteiger partial charge in [0.05, 0.1) is 11.5 Å². The zero-order valence-electron chi connectivity index (χ0n) is 19.8. The number of amides is 1. The van der Waals surface area contributed by atoms with Crippen LogP contribution in [0.15, 0.2) is 57.9 Å². The summed E-state index contributed by atoms with van der Waals surface area (Å²) in [6.45, 7) is 6.44. The van der Waals surface area contributed by atoms with Crippen LogP contribution in [0.2, 0.25) is 0 Å². The van der Waals surface area contributed by atoms with Crippen molar-refractivity contribution < 1.29 is 22.5 Å². The van der Waals surface area contributed by atoms with Crippen molar-refractivity contribution >= 4 is 15.9 Å². The molecule has 10 heteroatoms. The van der Waals surface area contributed by atoms with Gasteiger partial charge in [0.1, 0.15) is 5.75 Å². The number of hydrogen-bond acceptors (Lipinski definition) is 7. The number of carbonyl (C=O) groups excluding carboxylic acids is 1. The predicted octanol–water partition coefficient (Wildman–Crippen LogP) is 3.41. The highest BCUT2D eigenvalue weighted by Gasteiger charge is 2.22. The van der Waals surface area contributed by atoms with Crippen LogP contribution in [0.3, 0.4) is 0 Å². The van der Waals surface area contributed by atoms with Gasteiger partial charge in [0.25, 0.3) is 0 Å². The zero-order chi connectivity index (χ0) is 24.7. The van der Waals surface area contributed by atoms with Gasteiger partial charge in [-0.1, -0.05) is 17.3 Å². The van der Waals surface area contributed by atoms with Crippen LogP contribution in [0.5, 0.6) is 5.75 Å². The molecule has 0 saturated heterocycles. The third kappa shape index (κ3) is 6.42. The second-order valence-corrected chi connectivity index (χ2v) is 10.0. The number of nitrogens with one attached hydrogen (secondary N) is 1. The van der Waals surface area contributed by atoms with Gasteiger partial charge in [0.15, 0.2) is 0 Å². The van der Waals surface area contributed by atoms with Crippen LogP contribution in [0.1, 0.15) is 38.6 Å². The van der Waals surface area contributed by atoms with Gasteiger partial charge in [-0.2, -0.15) is 9.29 Å². The van der Waals surface area contributed by atoms with Gasteiger partial charge in [-0.3, -0.25) is 4.79 Å². The van der Waals surface area contributed by atoms with E-state index in [1.54, 1.807) is 31.3 Å². The molecule has 0 atom stereocenters. The Morgan fingerprint density at radius 3 is 2.41 bits per heavy atom. The molecular weight excluding hydrogens is 456 g/mol. The molecule has 1 N–H and O–H groups in total. The first-order valence-corrected chi connectivity index (χ1v) is 12.5. The summed E-state index contributed by atoms with van der Waals surface area (Å²) in [5.74, 6) is 1.43. The first-order chi connectivity index (χ1) is 16.2. The average Bonchev–Trinajstić information content (AvgIpc) is 3.31. The van der Waals surface area contributed by atoms with Gasteiger partial charge < -0.3 is 14.6 Å². The lowest BCUT2D eigenvalue weighted by atomic mass is 10.2. The third-order valence-corrected chi connectivity index (χ3v) is 7.32.